The zero-order valence-electron chi connectivity index (χ0n) is 13.1. The summed E-state index contributed by atoms with van der Waals surface area (Å²) in [5.74, 6) is 0.340. The Hall–Kier alpha value is -2.14. The molecule has 2 aliphatic rings. The Kier molecular flexibility index (Phi) is 3.88. The number of hydrogen-bond acceptors (Lipinski definition) is 2. The first-order chi connectivity index (χ1) is 11.6. The molecule has 5 heteroatoms. The lowest BCUT2D eigenvalue weighted by Gasteiger charge is -2.17. The Labute approximate surface area is 149 Å². The van der Waals surface area contributed by atoms with E-state index in [0.29, 0.717) is 5.56 Å². The first-order valence-corrected chi connectivity index (χ1v) is 8.92. The average Bonchev–Trinajstić information content (AvgIpc) is 3.34. The molecule has 1 N–H and O–H groups in total. The van der Waals surface area contributed by atoms with Crippen molar-refractivity contribution < 1.29 is 9.59 Å². The highest BCUT2D eigenvalue weighted by Gasteiger charge is 2.36. The van der Waals surface area contributed by atoms with E-state index in [4.69, 9.17) is 0 Å². The summed E-state index contributed by atoms with van der Waals surface area (Å²) in [7, 11) is 0. The van der Waals surface area contributed by atoms with E-state index in [1.807, 2.05) is 35.2 Å². The second-order valence-electron chi connectivity index (χ2n) is 6.32. The number of hydrogen-bond donors (Lipinski definition) is 1. The normalized spacial score (nSPS) is 16.0. The van der Waals surface area contributed by atoms with Gasteiger partial charge in [0.25, 0.3) is 5.91 Å². The number of rotatable bonds is 3. The van der Waals surface area contributed by atoms with Crippen LogP contribution in [0.3, 0.4) is 0 Å². The summed E-state index contributed by atoms with van der Waals surface area (Å²) < 4.78 is 0.873. The maximum absolute atomic E-state index is 12.3. The molecule has 1 fully saturated rings. The van der Waals surface area contributed by atoms with Crippen molar-refractivity contribution in [2.75, 3.05) is 16.8 Å². The van der Waals surface area contributed by atoms with E-state index in [2.05, 4.69) is 21.2 Å². The number of halogens is 1. The monoisotopic (exact) mass is 384 g/mol. The molecule has 0 spiro atoms. The lowest BCUT2D eigenvalue weighted by Crippen LogP contribution is -2.30. The van der Waals surface area contributed by atoms with Crippen molar-refractivity contribution in [1.29, 1.82) is 0 Å². The Morgan fingerprint density at radius 2 is 1.96 bits per heavy atom. The van der Waals surface area contributed by atoms with Gasteiger partial charge in [-0.05, 0) is 61.2 Å². The van der Waals surface area contributed by atoms with Crippen LogP contribution in [0.5, 0.6) is 0 Å². The topological polar surface area (TPSA) is 49.4 Å². The highest BCUT2D eigenvalue weighted by Crippen LogP contribution is 2.37. The summed E-state index contributed by atoms with van der Waals surface area (Å²) in [6.07, 6.45) is 2.88. The fourth-order valence-corrected chi connectivity index (χ4v) is 3.49. The van der Waals surface area contributed by atoms with Crippen molar-refractivity contribution in [3.63, 3.8) is 0 Å². The third-order valence-electron chi connectivity index (χ3n) is 4.51. The molecule has 24 heavy (non-hydrogen) atoms. The van der Waals surface area contributed by atoms with E-state index in [-0.39, 0.29) is 17.7 Å². The molecule has 0 saturated heterocycles. The second-order valence-corrected chi connectivity index (χ2v) is 7.24. The van der Waals surface area contributed by atoms with Gasteiger partial charge >= 0.3 is 0 Å². The molecular formula is C19H17BrN2O2. The number of anilines is 2. The highest BCUT2D eigenvalue weighted by atomic mass is 79.9. The number of benzene rings is 2. The van der Waals surface area contributed by atoms with Gasteiger partial charge in [0.2, 0.25) is 5.91 Å². The quantitative estimate of drug-likeness (QED) is 0.869. The zero-order valence-corrected chi connectivity index (χ0v) is 14.7. The van der Waals surface area contributed by atoms with Gasteiger partial charge in [0, 0.05) is 33.9 Å². The van der Waals surface area contributed by atoms with Gasteiger partial charge in [-0.1, -0.05) is 22.0 Å². The van der Waals surface area contributed by atoms with Gasteiger partial charge in [0.1, 0.15) is 0 Å². The molecule has 0 atom stereocenters. The van der Waals surface area contributed by atoms with Gasteiger partial charge in [-0.25, -0.2) is 0 Å². The van der Waals surface area contributed by atoms with Crippen LogP contribution in [-0.2, 0) is 11.2 Å². The van der Waals surface area contributed by atoms with Crippen molar-refractivity contribution in [1.82, 2.24) is 0 Å². The number of fused-ring (bicyclic) bond motifs is 1. The fourth-order valence-electron chi connectivity index (χ4n) is 3.09. The van der Waals surface area contributed by atoms with Crippen LogP contribution in [0.4, 0.5) is 11.4 Å². The summed E-state index contributed by atoms with van der Waals surface area (Å²) in [5.41, 5.74) is 3.48. The molecule has 0 aromatic heterocycles. The van der Waals surface area contributed by atoms with Gasteiger partial charge in [-0.15, -0.1) is 0 Å². The predicted molar refractivity (Wildman–Crippen MR) is 97.3 cm³/mol. The van der Waals surface area contributed by atoms with Crippen molar-refractivity contribution >= 4 is 39.1 Å². The predicted octanol–water partition coefficient (Wildman–Crippen LogP) is 4.00. The van der Waals surface area contributed by atoms with Gasteiger partial charge < -0.3 is 10.2 Å². The lowest BCUT2D eigenvalue weighted by atomic mass is 10.1. The van der Waals surface area contributed by atoms with Crippen molar-refractivity contribution in [3.05, 3.63) is 58.1 Å². The van der Waals surface area contributed by atoms with Crippen LogP contribution in [0.2, 0.25) is 0 Å². The minimum Gasteiger partial charge on any atom is -0.322 e. The molecule has 0 unspecified atom stereocenters. The number of carbonyl (C=O) groups excluding carboxylic acids is 2. The van der Waals surface area contributed by atoms with Crippen LogP contribution in [-0.4, -0.2) is 18.4 Å². The van der Waals surface area contributed by atoms with Crippen LogP contribution in [0.25, 0.3) is 0 Å². The van der Waals surface area contributed by atoms with Crippen molar-refractivity contribution in [2.45, 2.75) is 19.3 Å². The van der Waals surface area contributed by atoms with Crippen molar-refractivity contribution in [2.24, 2.45) is 5.92 Å². The maximum Gasteiger partial charge on any atom is 0.255 e. The van der Waals surface area contributed by atoms with E-state index < -0.39 is 0 Å². The minimum atomic E-state index is -0.139. The van der Waals surface area contributed by atoms with Gasteiger partial charge in [0.05, 0.1) is 0 Å². The second kappa shape index (κ2) is 6.06. The summed E-state index contributed by atoms with van der Waals surface area (Å²) >= 11 is 3.38. The number of carbonyl (C=O) groups is 2. The molecule has 2 aromatic carbocycles. The average molecular weight is 385 g/mol. The SMILES string of the molecule is O=C(Nc1ccc2c(c1)CCN2C(=O)C1CC1)c1cccc(Br)c1. The highest BCUT2D eigenvalue weighted by molar-refractivity contribution is 9.10. The third kappa shape index (κ3) is 2.96. The summed E-state index contributed by atoms with van der Waals surface area (Å²) in [5, 5.41) is 2.93. The molecule has 1 saturated carbocycles. The van der Waals surface area contributed by atoms with Crippen LogP contribution >= 0.6 is 15.9 Å². The molecule has 1 heterocycles. The smallest absolute Gasteiger partial charge is 0.255 e. The first kappa shape index (κ1) is 15.4. The van der Waals surface area contributed by atoms with Crippen LogP contribution in [0.15, 0.2) is 46.9 Å². The van der Waals surface area contributed by atoms with Gasteiger partial charge in [0.15, 0.2) is 0 Å². The molecule has 4 rings (SSSR count). The Balaban J connectivity index is 1.52. The summed E-state index contributed by atoms with van der Waals surface area (Å²) in [6.45, 7) is 0.744. The van der Waals surface area contributed by atoms with Crippen LogP contribution < -0.4 is 10.2 Å². The molecule has 122 valence electrons. The van der Waals surface area contributed by atoms with Crippen molar-refractivity contribution in [3.8, 4) is 0 Å². The van der Waals surface area contributed by atoms with E-state index >= 15 is 0 Å². The largest absolute Gasteiger partial charge is 0.322 e. The van der Waals surface area contributed by atoms with E-state index in [1.54, 1.807) is 12.1 Å². The van der Waals surface area contributed by atoms with Crippen LogP contribution in [0, 0.1) is 5.92 Å². The number of nitrogens with zero attached hydrogens (tertiary/aromatic N) is 1. The van der Waals surface area contributed by atoms with E-state index in [1.165, 1.54) is 0 Å². The zero-order chi connectivity index (χ0) is 16.7. The Morgan fingerprint density at radius 1 is 1.12 bits per heavy atom. The lowest BCUT2D eigenvalue weighted by molar-refractivity contribution is -0.119. The summed E-state index contributed by atoms with van der Waals surface area (Å²) in [4.78, 5) is 26.5. The number of nitrogens with one attached hydrogen (secondary N) is 1. The molecule has 0 bridgehead atoms. The van der Waals surface area contributed by atoms with E-state index in [9.17, 15) is 9.59 Å². The summed E-state index contributed by atoms with van der Waals surface area (Å²) in [6, 6.07) is 13.1. The fraction of sp³-hybridized carbons (Fsp3) is 0.263. The van der Waals surface area contributed by atoms with Crippen LogP contribution in [0.1, 0.15) is 28.8 Å². The minimum absolute atomic E-state index is 0.139. The standard InChI is InChI=1S/C19H17BrN2O2/c20-15-3-1-2-14(10-15)18(23)21-16-6-7-17-13(11-16)8-9-22(17)19(24)12-4-5-12/h1-3,6-7,10-12H,4-5,8-9H2,(H,21,23). The van der Waals surface area contributed by atoms with Gasteiger partial charge in [-0.2, -0.15) is 0 Å². The molecule has 4 nitrogen and oxygen atoms in total. The molecule has 2 aromatic rings. The Morgan fingerprint density at radius 3 is 2.71 bits per heavy atom. The molecule has 1 aliphatic carbocycles. The molecular weight excluding hydrogens is 368 g/mol. The number of amides is 2. The first-order valence-electron chi connectivity index (χ1n) is 8.13. The Bertz CT molecular complexity index is 830. The molecule has 1 aliphatic heterocycles. The van der Waals surface area contributed by atoms with E-state index in [0.717, 1.165) is 47.2 Å². The maximum atomic E-state index is 12.3. The molecule has 2 amide bonds. The van der Waals surface area contributed by atoms with Gasteiger partial charge in [-0.3, -0.25) is 9.59 Å². The third-order valence-corrected chi connectivity index (χ3v) is 5.01. The molecule has 0 radical (unpaired) electrons.